The molecule has 0 spiro atoms. The lowest BCUT2D eigenvalue weighted by Crippen LogP contribution is -2.48. The van der Waals surface area contributed by atoms with Crippen molar-refractivity contribution in [2.75, 3.05) is 38.9 Å². The Morgan fingerprint density at radius 3 is 3.04 bits per heavy atom. The largest absolute Gasteiger partial charge is 0.494 e. The predicted octanol–water partition coefficient (Wildman–Crippen LogP) is 1.71. The van der Waals surface area contributed by atoms with Gasteiger partial charge in [-0.2, -0.15) is 0 Å². The van der Waals surface area contributed by atoms with E-state index in [1.807, 2.05) is 25.1 Å². The summed E-state index contributed by atoms with van der Waals surface area (Å²) in [6.45, 7) is 5.11. The zero-order valence-corrected chi connectivity index (χ0v) is 15.2. The Bertz CT molecular complexity index is 819. The molecule has 1 unspecified atom stereocenters. The van der Waals surface area contributed by atoms with Crippen LogP contribution in [0, 0.1) is 6.92 Å². The summed E-state index contributed by atoms with van der Waals surface area (Å²) in [7, 11) is 1.65. The fraction of sp³-hybridized carbons (Fsp3) is 0.500. The first kappa shape index (κ1) is 17.0. The highest BCUT2D eigenvalue weighted by Gasteiger charge is 2.21. The zero-order valence-electron chi connectivity index (χ0n) is 15.2. The number of hydrogen-bond acceptors (Lipinski definition) is 8. The quantitative estimate of drug-likeness (QED) is 0.863. The second kappa shape index (κ2) is 7.43. The van der Waals surface area contributed by atoms with Gasteiger partial charge in [0, 0.05) is 18.5 Å². The normalized spacial score (nSPS) is 20.7. The van der Waals surface area contributed by atoms with Gasteiger partial charge in [0.25, 0.3) is 0 Å². The minimum absolute atomic E-state index is 0.334. The van der Waals surface area contributed by atoms with Gasteiger partial charge in [0.15, 0.2) is 0 Å². The third-order valence-electron chi connectivity index (χ3n) is 4.71. The van der Waals surface area contributed by atoms with Crippen LogP contribution in [0.2, 0.25) is 0 Å². The Balaban J connectivity index is 1.46. The van der Waals surface area contributed by atoms with Gasteiger partial charge in [0.2, 0.25) is 11.9 Å². The first-order valence-electron chi connectivity index (χ1n) is 8.93. The van der Waals surface area contributed by atoms with Crippen LogP contribution in [-0.4, -0.2) is 60.5 Å². The van der Waals surface area contributed by atoms with E-state index in [2.05, 4.69) is 30.5 Å². The fourth-order valence-corrected chi connectivity index (χ4v) is 3.35. The van der Waals surface area contributed by atoms with Crippen LogP contribution in [0.3, 0.4) is 0 Å². The molecule has 4 rings (SSSR count). The SMILES string of the molecule is COc1cccc2c(C)nc(NC3=NCN(CC4CCCO4)CN3)nc12. The molecule has 2 N–H and O–H groups in total. The van der Waals surface area contributed by atoms with E-state index >= 15 is 0 Å². The number of anilines is 1. The van der Waals surface area contributed by atoms with Crippen LogP contribution in [0.25, 0.3) is 10.9 Å². The van der Waals surface area contributed by atoms with Gasteiger partial charge >= 0.3 is 0 Å². The molecule has 2 aliphatic heterocycles. The molecule has 1 aromatic carbocycles. The molecule has 2 aliphatic rings. The number of fused-ring (bicyclic) bond motifs is 1. The first-order chi connectivity index (χ1) is 12.7. The van der Waals surface area contributed by atoms with E-state index in [0.29, 0.717) is 24.7 Å². The number of nitrogens with one attached hydrogen (secondary N) is 2. The van der Waals surface area contributed by atoms with Crippen molar-refractivity contribution in [1.29, 1.82) is 0 Å². The molecule has 0 radical (unpaired) electrons. The molecule has 1 fully saturated rings. The fourth-order valence-electron chi connectivity index (χ4n) is 3.35. The van der Waals surface area contributed by atoms with Crippen molar-refractivity contribution >= 4 is 22.8 Å². The third-order valence-corrected chi connectivity index (χ3v) is 4.71. The van der Waals surface area contributed by atoms with E-state index < -0.39 is 0 Å². The maximum Gasteiger partial charge on any atom is 0.230 e. The van der Waals surface area contributed by atoms with E-state index in [-0.39, 0.29) is 0 Å². The lowest BCUT2D eigenvalue weighted by Gasteiger charge is -2.28. The van der Waals surface area contributed by atoms with Gasteiger partial charge < -0.3 is 14.8 Å². The highest BCUT2D eigenvalue weighted by Crippen LogP contribution is 2.26. The number of hydrogen-bond donors (Lipinski definition) is 2. The Labute approximate surface area is 152 Å². The van der Waals surface area contributed by atoms with Gasteiger partial charge in [0.05, 0.1) is 32.2 Å². The minimum Gasteiger partial charge on any atom is -0.494 e. The van der Waals surface area contributed by atoms with Crippen LogP contribution in [0.5, 0.6) is 5.75 Å². The number of aryl methyl sites for hydroxylation is 1. The molecule has 0 bridgehead atoms. The van der Waals surface area contributed by atoms with Crippen molar-refractivity contribution in [3.05, 3.63) is 23.9 Å². The Morgan fingerprint density at radius 1 is 1.38 bits per heavy atom. The molecule has 1 saturated heterocycles. The molecule has 1 atom stereocenters. The van der Waals surface area contributed by atoms with Crippen LogP contribution in [0.1, 0.15) is 18.5 Å². The summed E-state index contributed by atoms with van der Waals surface area (Å²) in [6.07, 6.45) is 2.63. The molecule has 2 aromatic rings. The molecular weight excluding hydrogens is 332 g/mol. The summed E-state index contributed by atoms with van der Waals surface area (Å²) in [5.41, 5.74) is 1.69. The summed E-state index contributed by atoms with van der Waals surface area (Å²) in [5.74, 6) is 1.93. The number of methoxy groups -OCH3 is 1. The van der Waals surface area contributed by atoms with Crippen molar-refractivity contribution < 1.29 is 9.47 Å². The summed E-state index contributed by atoms with van der Waals surface area (Å²) in [5, 5.41) is 7.45. The monoisotopic (exact) mass is 356 g/mol. The predicted molar refractivity (Wildman–Crippen MR) is 100 cm³/mol. The summed E-state index contributed by atoms with van der Waals surface area (Å²) >= 11 is 0. The van der Waals surface area contributed by atoms with Gasteiger partial charge in [-0.1, -0.05) is 12.1 Å². The standard InChI is InChI=1S/C18H24N6O2/c1-12-14-6-3-7-15(25-2)16(14)22-18(21-12)23-17-19-10-24(11-20-17)9-13-5-4-8-26-13/h3,6-7,13H,4-5,8-11H2,1-2H3,(H2,19,20,21,22,23). The summed E-state index contributed by atoms with van der Waals surface area (Å²) in [6, 6.07) is 5.84. The molecule has 3 heterocycles. The Morgan fingerprint density at radius 2 is 2.31 bits per heavy atom. The Kier molecular flexibility index (Phi) is 4.85. The van der Waals surface area contributed by atoms with Gasteiger partial charge in [-0.25, -0.2) is 15.0 Å². The van der Waals surface area contributed by atoms with Gasteiger partial charge in [-0.05, 0) is 25.8 Å². The van der Waals surface area contributed by atoms with Crippen molar-refractivity contribution in [2.45, 2.75) is 25.9 Å². The molecule has 0 saturated carbocycles. The molecule has 8 nitrogen and oxygen atoms in total. The number of nitrogens with zero attached hydrogens (tertiary/aromatic N) is 4. The van der Waals surface area contributed by atoms with E-state index in [4.69, 9.17) is 9.47 Å². The van der Waals surface area contributed by atoms with Gasteiger partial charge in [-0.15, -0.1) is 0 Å². The molecule has 26 heavy (non-hydrogen) atoms. The van der Waals surface area contributed by atoms with Crippen LogP contribution in [0.4, 0.5) is 5.95 Å². The zero-order chi connectivity index (χ0) is 17.9. The minimum atomic E-state index is 0.334. The van der Waals surface area contributed by atoms with E-state index in [0.717, 1.165) is 55.0 Å². The molecule has 1 aromatic heterocycles. The van der Waals surface area contributed by atoms with E-state index in [9.17, 15) is 0 Å². The highest BCUT2D eigenvalue weighted by atomic mass is 16.5. The smallest absolute Gasteiger partial charge is 0.230 e. The molecule has 138 valence electrons. The third kappa shape index (κ3) is 3.56. The van der Waals surface area contributed by atoms with Gasteiger partial charge in [0.1, 0.15) is 11.3 Å². The molecule has 0 aliphatic carbocycles. The van der Waals surface area contributed by atoms with Gasteiger partial charge in [-0.3, -0.25) is 10.2 Å². The number of para-hydroxylation sites is 1. The van der Waals surface area contributed by atoms with Crippen molar-refractivity contribution in [1.82, 2.24) is 20.2 Å². The van der Waals surface area contributed by atoms with E-state index in [1.165, 1.54) is 0 Å². The number of benzene rings is 1. The molecule has 8 heteroatoms. The number of guanidine groups is 1. The maximum atomic E-state index is 5.69. The number of aliphatic imine (C=N–C) groups is 1. The number of rotatable bonds is 4. The lowest BCUT2D eigenvalue weighted by atomic mass is 10.2. The van der Waals surface area contributed by atoms with Crippen LogP contribution >= 0.6 is 0 Å². The Hall–Kier alpha value is -2.45. The summed E-state index contributed by atoms with van der Waals surface area (Å²) < 4.78 is 11.1. The first-order valence-corrected chi connectivity index (χ1v) is 8.93. The summed E-state index contributed by atoms with van der Waals surface area (Å²) in [4.78, 5) is 15.9. The second-order valence-corrected chi connectivity index (χ2v) is 6.59. The van der Waals surface area contributed by atoms with Crippen LogP contribution in [-0.2, 0) is 4.74 Å². The molecule has 0 amide bonds. The van der Waals surface area contributed by atoms with Crippen molar-refractivity contribution in [3.8, 4) is 5.75 Å². The number of aromatic nitrogens is 2. The van der Waals surface area contributed by atoms with Crippen LogP contribution in [0.15, 0.2) is 23.2 Å². The van der Waals surface area contributed by atoms with E-state index in [1.54, 1.807) is 7.11 Å². The molecular formula is C18H24N6O2. The van der Waals surface area contributed by atoms with Crippen molar-refractivity contribution in [3.63, 3.8) is 0 Å². The highest BCUT2D eigenvalue weighted by molar-refractivity contribution is 5.94. The lowest BCUT2D eigenvalue weighted by molar-refractivity contribution is 0.0715. The topological polar surface area (TPSA) is 83.9 Å². The van der Waals surface area contributed by atoms with Crippen molar-refractivity contribution in [2.24, 2.45) is 4.99 Å². The second-order valence-electron chi connectivity index (χ2n) is 6.59. The number of ether oxygens (including phenoxy) is 2. The average molecular weight is 356 g/mol. The average Bonchev–Trinajstić information content (AvgIpc) is 3.16. The maximum absolute atomic E-state index is 5.69. The van der Waals surface area contributed by atoms with Crippen LogP contribution < -0.4 is 15.4 Å².